The van der Waals surface area contributed by atoms with Crippen LogP contribution in [0.15, 0.2) is 54.9 Å². The summed E-state index contributed by atoms with van der Waals surface area (Å²) < 4.78 is 26.6. The van der Waals surface area contributed by atoms with Gasteiger partial charge < -0.3 is 20.1 Å². The van der Waals surface area contributed by atoms with Gasteiger partial charge in [0, 0.05) is 56.8 Å². The summed E-state index contributed by atoms with van der Waals surface area (Å²) >= 11 is 1.49. The van der Waals surface area contributed by atoms with Crippen molar-refractivity contribution in [3.8, 4) is 22.1 Å². The number of thiophene rings is 1. The van der Waals surface area contributed by atoms with Crippen molar-refractivity contribution in [2.75, 3.05) is 25.6 Å². The monoisotopic (exact) mass is 506 g/mol. The molecule has 0 saturated heterocycles. The van der Waals surface area contributed by atoms with Gasteiger partial charge in [-0.3, -0.25) is 14.8 Å². The minimum atomic E-state index is -0.544. The smallest absolute Gasteiger partial charge is 0.224 e. The third-order valence-electron chi connectivity index (χ3n) is 5.87. The van der Waals surface area contributed by atoms with Crippen molar-refractivity contribution in [3.63, 3.8) is 0 Å². The molecule has 9 heteroatoms. The summed E-state index contributed by atoms with van der Waals surface area (Å²) in [6.45, 7) is 2.16. The lowest BCUT2D eigenvalue weighted by Crippen LogP contribution is -2.18. The molecule has 0 atom stereocenters. The third kappa shape index (κ3) is 6.04. The fraction of sp³-hybridized carbons (Fsp3) is 0.296. The second kappa shape index (κ2) is 11.1. The number of carbonyl (C=O) groups excluding carboxylic acids is 1. The molecule has 3 aromatic heterocycles. The van der Waals surface area contributed by atoms with E-state index in [1.54, 1.807) is 25.4 Å². The Balaban J connectivity index is 1.29. The minimum absolute atomic E-state index is 0.0843. The standard InChI is InChI=1S/C27H27FN4O3S/c1-34-11-10-29-15-18-4-6-21(31-16-18)25-14-22-27(36-25)24(8-9-30-22)35-23-7-5-19(13-20(23)28)32-26(33)12-17-2-3-17/h4-9,13-14,16-17,29H,2-3,10-12,15H2,1H3,(H,32,33). The van der Waals surface area contributed by atoms with E-state index >= 15 is 0 Å². The average molecular weight is 507 g/mol. The number of anilines is 1. The number of aromatic nitrogens is 2. The molecule has 0 radical (unpaired) electrons. The maximum atomic E-state index is 14.8. The first-order valence-electron chi connectivity index (χ1n) is 11.9. The summed E-state index contributed by atoms with van der Waals surface area (Å²) in [6, 6.07) is 12.2. The van der Waals surface area contributed by atoms with Crippen molar-refractivity contribution in [1.29, 1.82) is 0 Å². The molecule has 3 heterocycles. The van der Waals surface area contributed by atoms with Crippen molar-refractivity contribution >= 4 is 33.1 Å². The molecule has 2 N–H and O–H groups in total. The SMILES string of the molecule is COCCNCc1ccc(-c2cc3nccc(Oc4ccc(NC(=O)CC5CC5)cc4F)c3s2)nc1. The van der Waals surface area contributed by atoms with Crippen LogP contribution in [0.5, 0.6) is 11.5 Å². The Labute approximate surface area is 212 Å². The number of pyridine rings is 2. The number of carbonyl (C=O) groups is 1. The van der Waals surface area contributed by atoms with Crippen LogP contribution in [0.4, 0.5) is 10.1 Å². The maximum Gasteiger partial charge on any atom is 0.224 e. The molecule has 0 unspecified atom stereocenters. The second-order valence-electron chi connectivity index (χ2n) is 8.80. The molecule has 186 valence electrons. The molecule has 0 aliphatic heterocycles. The van der Waals surface area contributed by atoms with Gasteiger partial charge in [-0.1, -0.05) is 6.07 Å². The van der Waals surface area contributed by atoms with Crippen LogP contribution in [0.2, 0.25) is 0 Å². The molecule has 1 aliphatic carbocycles. The number of fused-ring (bicyclic) bond motifs is 1. The number of amides is 1. The van der Waals surface area contributed by atoms with Crippen molar-refractivity contribution in [2.24, 2.45) is 5.92 Å². The largest absolute Gasteiger partial charge is 0.453 e. The number of nitrogens with one attached hydrogen (secondary N) is 2. The molecule has 4 aromatic rings. The van der Waals surface area contributed by atoms with E-state index in [-0.39, 0.29) is 11.7 Å². The van der Waals surface area contributed by atoms with Crippen molar-refractivity contribution in [1.82, 2.24) is 15.3 Å². The van der Waals surface area contributed by atoms with Gasteiger partial charge in [0.1, 0.15) is 5.75 Å². The van der Waals surface area contributed by atoms with Crippen LogP contribution in [-0.4, -0.2) is 36.1 Å². The van der Waals surface area contributed by atoms with Gasteiger partial charge in [-0.2, -0.15) is 0 Å². The van der Waals surface area contributed by atoms with Gasteiger partial charge in [0.15, 0.2) is 11.6 Å². The van der Waals surface area contributed by atoms with E-state index in [2.05, 4.69) is 20.6 Å². The Morgan fingerprint density at radius 1 is 1.14 bits per heavy atom. The van der Waals surface area contributed by atoms with E-state index in [4.69, 9.17) is 9.47 Å². The number of methoxy groups -OCH3 is 1. The van der Waals surface area contributed by atoms with Gasteiger partial charge in [-0.15, -0.1) is 11.3 Å². The quantitative estimate of drug-likeness (QED) is 0.252. The summed E-state index contributed by atoms with van der Waals surface area (Å²) in [6.07, 6.45) is 6.16. The van der Waals surface area contributed by atoms with Crippen LogP contribution in [-0.2, 0) is 16.1 Å². The van der Waals surface area contributed by atoms with Crippen LogP contribution >= 0.6 is 11.3 Å². The first-order chi connectivity index (χ1) is 17.6. The molecular weight excluding hydrogens is 479 g/mol. The van der Waals surface area contributed by atoms with Gasteiger partial charge in [0.05, 0.1) is 27.4 Å². The number of benzene rings is 1. The third-order valence-corrected chi connectivity index (χ3v) is 7.03. The maximum absolute atomic E-state index is 14.8. The molecule has 1 aromatic carbocycles. The lowest BCUT2D eigenvalue weighted by Gasteiger charge is -2.10. The summed E-state index contributed by atoms with van der Waals surface area (Å²) in [5.41, 5.74) is 3.10. The zero-order valence-electron chi connectivity index (χ0n) is 19.9. The van der Waals surface area contributed by atoms with E-state index in [1.807, 2.05) is 24.4 Å². The number of halogens is 1. The van der Waals surface area contributed by atoms with Gasteiger partial charge in [-0.05, 0) is 48.6 Å². The first kappa shape index (κ1) is 24.3. The number of hydrogen-bond donors (Lipinski definition) is 2. The van der Waals surface area contributed by atoms with E-state index in [0.717, 1.165) is 52.3 Å². The number of hydrogen-bond acceptors (Lipinski definition) is 7. The topological polar surface area (TPSA) is 85.4 Å². The Morgan fingerprint density at radius 2 is 2.03 bits per heavy atom. The zero-order valence-corrected chi connectivity index (χ0v) is 20.7. The molecule has 1 fully saturated rings. The highest BCUT2D eigenvalue weighted by Gasteiger charge is 2.24. The predicted molar refractivity (Wildman–Crippen MR) is 139 cm³/mol. The van der Waals surface area contributed by atoms with Gasteiger partial charge in [-0.25, -0.2) is 4.39 Å². The Bertz CT molecular complexity index is 1360. The van der Waals surface area contributed by atoms with Gasteiger partial charge in [0.25, 0.3) is 0 Å². The Morgan fingerprint density at radius 3 is 2.78 bits per heavy atom. The number of ether oxygens (including phenoxy) is 2. The zero-order chi connectivity index (χ0) is 24.9. The molecule has 1 amide bonds. The van der Waals surface area contributed by atoms with Crippen LogP contribution in [0.25, 0.3) is 20.8 Å². The molecule has 1 saturated carbocycles. The lowest BCUT2D eigenvalue weighted by atomic mass is 10.2. The highest BCUT2D eigenvalue weighted by molar-refractivity contribution is 7.22. The van der Waals surface area contributed by atoms with Gasteiger partial charge >= 0.3 is 0 Å². The molecular formula is C27H27FN4O3S. The summed E-state index contributed by atoms with van der Waals surface area (Å²) in [4.78, 5) is 22.0. The fourth-order valence-electron chi connectivity index (χ4n) is 3.78. The highest BCUT2D eigenvalue weighted by Crippen LogP contribution is 2.39. The minimum Gasteiger partial charge on any atom is -0.453 e. The fourth-order valence-corrected chi connectivity index (χ4v) is 4.82. The van der Waals surface area contributed by atoms with Gasteiger partial charge in [0.2, 0.25) is 5.91 Å². The molecule has 7 nitrogen and oxygen atoms in total. The molecule has 1 aliphatic rings. The summed E-state index contributed by atoms with van der Waals surface area (Å²) in [5, 5.41) is 6.06. The molecule has 0 bridgehead atoms. The number of rotatable bonds is 11. The van der Waals surface area contributed by atoms with E-state index < -0.39 is 5.82 Å². The van der Waals surface area contributed by atoms with Crippen molar-refractivity contribution < 1.29 is 18.7 Å². The first-order valence-corrected chi connectivity index (χ1v) is 12.7. The van der Waals surface area contributed by atoms with E-state index in [0.29, 0.717) is 30.4 Å². The van der Waals surface area contributed by atoms with Crippen LogP contribution in [0, 0.1) is 11.7 Å². The molecule has 5 rings (SSSR count). The lowest BCUT2D eigenvalue weighted by molar-refractivity contribution is -0.116. The van der Waals surface area contributed by atoms with Crippen molar-refractivity contribution in [3.05, 3.63) is 66.2 Å². The molecule has 0 spiro atoms. The predicted octanol–water partition coefficient (Wildman–Crippen LogP) is 5.76. The molecule has 36 heavy (non-hydrogen) atoms. The highest BCUT2D eigenvalue weighted by atomic mass is 32.1. The average Bonchev–Trinajstić information content (AvgIpc) is 3.57. The summed E-state index contributed by atoms with van der Waals surface area (Å²) in [7, 11) is 1.68. The summed E-state index contributed by atoms with van der Waals surface area (Å²) in [5.74, 6) is 0.438. The van der Waals surface area contributed by atoms with Crippen LogP contribution in [0.1, 0.15) is 24.8 Å². The second-order valence-corrected chi connectivity index (χ2v) is 9.85. The van der Waals surface area contributed by atoms with E-state index in [1.165, 1.54) is 23.5 Å². The normalized spacial score (nSPS) is 13.2. The van der Waals surface area contributed by atoms with Crippen LogP contribution in [0.3, 0.4) is 0 Å². The van der Waals surface area contributed by atoms with Crippen LogP contribution < -0.4 is 15.4 Å². The van der Waals surface area contributed by atoms with E-state index in [9.17, 15) is 9.18 Å². The van der Waals surface area contributed by atoms with Crippen molar-refractivity contribution in [2.45, 2.75) is 25.8 Å². The Kier molecular flexibility index (Phi) is 7.50. The Hall–Kier alpha value is -3.40. The number of nitrogens with zero attached hydrogens (tertiary/aromatic N) is 2.